The molecule has 0 atom stereocenters. The summed E-state index contributed by atoms with van der Waals surface area (Å²) < 4.78 is 2.16. The summed E-state index contributed by atoms with van der Waals surface area (Å²) >= 11 is 0. The summed E-state index contributed by atoms with van der Waals surface area (Å²) in [5, 5.41) is 10.4. The van der Waals surface area contributed by atoms with Gasteiger partial charge in [-0.1, -0.05) is 0 Å². The fourth-order valence-electron chi connectivity index (χ4n) is 1.86. The number of aromatic nitrogens is 1. The maximum atomic E-state index is 9.34. The molecule has 0 fully saturated rings. The van der Waals surface area contributed by atoms with Crippen molar-refractivity contribution in [3.8, 4) is 5.75 Å². The van der Waals surface area contributed by atoms with Gasteiger partial charge in [0, 0.05) is 29.7 Å². The number of benzene rings is 1. The Kier molecular flexibility index (Phi) is 2.17. The molecule has 0 aliphatic heterocycles. The Morgan fingerprint density at radius 1 is 1.36 bits per heavy atom. The summed E-state index contributed by atoms with van der Waals surface area (Å²) in [5.74, 6) is 0.300. The van der Waals surface area contributed by atoms with Crippen LogP contribution in [0.3, 0.4) is 0 Å². The van der Waals surface area contributed by atoms with E-state index in [2.05, 4.69) is 11.5 Å². The van der Waals surface area contributed by atoms with Gasteiger partial charge in [-0.15, -0.1) is 0 Å². The van der Waals surface area contributed by atoms with Gasteiger partial charge >= 0.3 is 0 Å². The molecule has 2 aromatic rings. The van der Waals surface area contributed by atoms with Gasteiger partial charge in [0.15, 0.2) is 0 Å². The summed E-state index contributed by atoms with van der Waals surface area (Å²) in [6.07, 6.45) is 0. The fourth-order valence-corrected chi connectivity index (χ4v) is 1.86. The fraction of sp³-hybridized carbons (Fsp3) is 0.273. The van der Waals surface area contributed by atoms with E-state index in [9.17, 15) is 5.11 Å². The second kappa shape index (κ2) is 3.35. The largest absolute Gasteiger partial charge is 0.508 e. The average Bonchev–Trinajstić information content (AvgIpc) is 2.54. The van der Waals surface area contributed by atoms with Crippen LogP contribution < -0.4 is 5.73 Å². The summed E-state index contributed by atoms with van der Waals surface area (Å²) in [6, 6.07) is 7.42. The van der Waals surface area contributed by atoms with Crippen LogP contribution in [0, 0.1) is 0 Å². The normalized spacial score (nSPS) is 11.0. The lowest BCUT2D eigenvalue weighted by Gasteiger charge is -2.05. The van der Waals surface area contributed by atoms with Crippen LogP contribution in [-0.4, -0.2) is 9.67 Å². The minimum absolute atomic E-state index is 0.300. The lowest BCUT2D eigenvalue weighted by atomic mass is 10.2. The Balaban J connectivity index is 2.73. The van der Waals surface area contributed by atoms with E-state index >= 15 is 0 Å². The van der Waals surface area contributed by atoms with Crippen LogP contribution in [0.5, 0.6) is 5.75 Å². The molecule has 14 heavy (non-hydrogen) atoms. The third-order valence-electron chi connectivity index (χ3n) is 2.50. The maximum Gasteiger partial charge on any atom is 0.116 e. The van der Waals surface area contributed by atoms with Crippen LogP contribution in [-0.2, 0) is 13.1 Å². The van der Waals surface area contributed by atoms with Crippen molar-refractivity contribution in [2.24, 2.45) is 5.73 Å². The first-order valence-electron chi connectivity index (χ1n) is 4.77. The number of nitrogens with zero attached hydrogens (tertiary/aromatic N) is 1. The van der Waals surface area contributed by atoms with Crippen molar-refractivity contribution < 1.29 is 5.11 Å². The van der Waals surface area contributed by atoms with Gasteiger partial charge in [-0.25, -0.2) is 0 Å². The zero-order valence-electron chi connectivity index (χ0n) is 8.20. The molecule has 0 radical (unpaired) electrons. The highest BCUT2D eigenvalue weighted by Gasteiger charge is 2.05. The van der Waals surface area contributed by atoms with E-state index in [1.165, 1.54) is 0 Å². The van der Waals surface area contributed by atoms with Crippen LogP contribution in [0.15, 0.2) is 24.3 Å². The predicted octanol–water partition coefficient (Wildman–Crippen LogP) is 1.83. The Morgan fingerprint density at radius 2 is 2.14 bits per heavy atom. The minimum atomic E-state index is 0.300. The van der Waals surface area contributed by atoms with Gasteiger partial charge in [0.05, 0.1) is 0 Å². The third kappa shape index (κ3) is 1.26. The highest BCUT2D eigenvalue weighted by atomic mass is 16.3. The molecule has 0 bridgehead atoms. The first kappa shape index (κ1) is 9.09. The molecule has 0 saturated heterocycles. The molecule has 3 heteroatoms. The Morgan fingerprint density at radius 3 is 2.79 bits per heavy atom. The number of phenols is 1. The van der Waals surface area contributed by atoms with Gasteiger partial charge in [0.2, 0.25) is 0 Å². The van der Waals surface area contributed by atoms with Crippen LogP contribution >= 0.6 is 0 Å². The molecule has 74 valence electrons. The van der Waals surface area contributed by atoms with Crippen LogP contribution in [0.1, 0.15) is 12.6 Å². The molecule has 3 N–H and O–H groups in total. The number of hydrogen-bond acceptors (Lipinski definition) is 2. The van der Waals surface area contributed by atoms with Gasteiger partial charge in [-0.2, -0.15) is 0 Å². The monoisotopic (exact) mass is 190 g/mol. The first-order chi connectivity index (χ1) is 6.76. The summed E-state index contributed by atoms with van der Waals surface area (Å²) in [4.78, 5) is 0. The third-order valence-corrected chi connectivity index (χ3v) is 2.50. The second-order valence-corrected chi connectivity index (χ2v) is 3.33. The Bertz CT molecular complexity index is 460. The molecule has 0 unspecified atom stereocenters. The molecule has 0 amide bonds. The molecule has 0 aliphatic rings. The summed E-state index contributed by atoms with van der Waals surface area (Å²) in [7, 11) is 0. The molecule has 1 heterocycles. The molecular weight excluding hydrogens is 176 g/mol. The van der Waals surface area contributed by atoms with E-state index in [4.69, 9.17) is 5.73 Å². The zero-order chi connectivity index (χ0) is 10.1. The Labute approximate surface area is 82.8 Å². The zero-order valence-corrected chi connectivity index (χ0v) is 8.20. The highest BCUT2D eigenvalue weighted by Crippen LogP contribution is 2.23. The van der Waals surface area contributed by atoms with E-state index in [-0.39, 0.29) is 0 Å². The predicted molar refractivity (Wildman–Crippen MR) is 57.2 cm³/mol. The number of aromatic hydroxyl groups is 1. The molecule has 0 spiro atoms. The molecule has 0 saturated carbocycles. The van der Waals surface area contributed by atoms with Gasteiger partial charge in [-0.05, 0) is 31.2 Å². The second-order valence-electron chi connectivity index (χ2n) is 3.33. The standard InChI is InChI=1S/C11H14N2O/c1-2-13-9(7-12)5-8-6-10(14)3-4-11(8)13/h3-6,14H,2,7,12H2,1H3. The van der Waals surface area contributed by atoms with Crippen LogP contribution in [0.2, 0.25) is 0 Å². The minimum Gasteiger partial charge on any atom is -0.508 e. The van der Waals surface area contributed by atoms with E-state index in [0.29, 0.717) is 12.3 Å². The quantitative estimate of drug-likeness (QED) is 0.759. The number of rotatable bonds is 2. The number of fused-ring (bicyclic) bond motifs is 1. The number of phenolic OH excluding ortho intramolecular Hbond substituents is 1. The van der Waals surface area contributed by atoms with Gasteiger partial charge in [0.25, 0.3) is 0 Å². The van der Waals surface area contributed by atoms with Gasteiger partial charge in [-0.3, -0.25) is 0 Å². The highest BCUT2D eigenvalue weighted by molar-refractivity contribution is 5.82. The van der Waals surface area contributed by atoms with Crippen molar-refractivity contribution in [2.75, 3.05) is 0 Å². The first-order valence-corrected chi connectivity index (χ1v) is 4.77. The van der Waals surface area contributed by atoms with Crippen molar-refractivity contribution >= 4 is 10.9 Å². The van der Waals surface area contributed by atoms with E-state index < -0.39 is 0 Å². The van der Waals surface area contributed by atoms with E-state index in [1.54, 1.807) is 12.1 Å². The average molecular weight is 190 g/mol. The number of nitrogens with two attached hydrogens (primary N) is 1. The smallest absolute Gasteiger partial charge is 0.116 e. The Hall–Kier alpha value is -1.48. The van der Waals surface area contributed by atoms with Crippen molar-refractivity contribution in [1.82, 2.24) is 4.57 Å². The molecule has 3 nitrogen and oxygen atoms in total. The summed E-state index contributed by atoms with van der Waals surface area (Å²) in [6.45, 7) is 3.52. The van der Waals surface area contributed by atoms with E-state index in [1.807, 2.05) is 12.1 Å². The molecule has 1 aromatic carbocycles. The van der Waals surface area contributed by atoms with Crippen molar-refractivity contribution in [3.63, 3.8) is 0 Å². The number of aryl methyl sites for hydroxylation is 1. The molecular formula is C11H14N2O. The lowest BCUT2D eigenvalue weighted by molar-refractivity contribution is 0.476. The van der Waals surface area contributed by atoms with Crippen molar-refractivity contribution in [3.05, 3.63) is 30.0 Å². The van der Waals surface area contributed by atoms with Crippen LogP contribution in [0.4, 0.5) is 0 Å². The summed E-state index contributed by atoms with van der Waals surface area (Å²) in [5.41, 5.74) is 7.88. The van der Waals surface area contributed by atoms with Crippen LogP contribution in [0.25, 0.3) is 10.9 Å². The molecule has 1 aromatic heterocycles. The SMILES string of the molecule is CCn1c(CN)cc2cc(O)ccc21. The lowest BCUT2D eigenvalue weighted by Crippen LogP contribution is -2.05. The molecule has 0 aliphatic carbocycles. The van der Waals surface area contributed by atoms with Gasteiger partial charge in [0.1, 0.15) is 5.75 Å². The molecule has 2 rings (SSSR count). The number of hydrogen-bond donors (Lipinski definition) is 2. The topological polar surface area (TPSA) is 51.2 Å². The maximum absolute atomic E-state index is 9.34. The van der Waals surface area contributed by atoms with Crippen molar-refractivity contribution in [1.29, 1.82) is 0 Å². The van der Waals surface area contributed by atoms with E-state index in [0.717, 1.165) is 23.1 Å². The van der Waals surface area contributed by atoms with Crippen molar-refractivity contribution in [2.45, 2.75) is 20.0 Å². The van der Waals surface area contributed by atoms with Gasteiger partial charge < -0.3 is 15.4 Å².